The highest BCUT2D eigenvalue weighted by atomic mass is 19.2. The van der Waals surface area contributed by atoms with Crippen molar-refractivity contribution in [3.63, 3.8) is 0 Å². The molecule has 0 aliphatic heterocycles. The predicted octanol–water partition coefficient (Wildman–Crippen LogP) is 4.02. The van der Waals surface area contributed by atoms with Gasteiger partial charge in [-0.3, -0.25) is 0 Å². The Morgan fingerprint density at radius 1 is 0.889 bits per heavy atom. The Morgan fingerprint density at radius 2 is 1.67 bits per heavy atom. The Morgan fingerprint density at radius 3 is 2.33 bits per heavy atom. The third-order valence-electron chi connectivity index (χ3n) is 2.65. The van der Waals surface area contributed by atoms with Crippen molar-refractivity contribution in [3.8, 4) is 0 Å². The van der Waals surface area contributed by atoms with Crippen LogP contribution in [-0.2, 0) is 6.54 Å². The molecule has 0 unspecified atom stereocenters. The van der Waals surface area contributed by atoms with Gasteiger partial charge in [-0.05, 0) is 36.2 Å². The third-order valence-corrected chi connectivity index (χ3v) is 2.65. The maximum absolute atomic E-state index is 13.3. The van der Waals surface area contributed by atoms with Crippen molar-refractivity contribution in [1.29, 1.82) is 0 Å². The molecule has 0 fully saturated rings. The zero-order chi connectivity index (χ0) is 13.1. The molecule has 0 radical (unpaired) electrons. The molecule has 2 aromatic carbocycles. The summed E-state index contributed by atoms with van der Waals surface area (Å²) >= 11 is 0. The minimum Gasteiger partial charge on any atom is -0.381 e. The molecular weight excluding hydrogens is 239 g/mol. The van der Waals surface area contributed by atoms with Crippen LogP contribution >= 0.6 is 0 Å². The van der Waals surface area contributed by atoms with Gasteiger partial charge in [0, 0.05) is 18.3 Å². The van der Waals surface area contributed by atoms with Gasteiger partial charge in [-0.15, -0.1) is 0 Å². The highest BCUT2D eigenvalue weighted by molar-refractivity contribution is 5.44. The Labute approximate surface area is 103 Å². The van der Waals surface area contributed by atoms with Gasteiger partial charge in [0.15, 0.2) is 11.6 Å². The molecule has 2 rings (SSSR count). The van der Waals surface area contributed by atoms with Crippen LogP contribution in [-0.4, -0.2) is 0 Å². The second kappa shape index (κ2) is 5.12. The lowest BCUT2D eigenvalue weighted by Crippen LogP contribution is -2.01. The van der Waals surface area contributed by atoms with Crippen LogP contribution in [0.15, 0.2) is 36.4 Å². The first-order valence-corrected chi connectivity index (χ1v) is 5.50. The molecule has 0 bridgehead atoms. The average Bonchev–Trinajstić information content (AvgIpc) is 2.35. The van der Waals surface area contributed by atoms with Crippen LogP contribution in [0.2, 0.25) is 0 Å². The molecule has 0 saturated carbocycles. The number of aryl methyl sites for hydroxylation is 1. The van der Waals surface area contributed by atoms with Gasteiger partial charge in [0.05, 0.1) is 0 Å². The molecule has 0 spiro atoms. The molecule has 1 nitrogen and oxygen atoms in total. The van der Waals surface area contributed by atoms with Crippen molar-refractivity contribution in [2.45, 2.75) is 13.5 Å². The molecule has 0 saturated heterocycles. The lowest BCUT2D eigenvalue weighted by atomic mass is 10.1. The molecule has 0 atom stereocenters. The second-order valence-corrected chi connectivity index (χ2v) is 4.07. The van der Waals surface area contributed by atoms with E-state index in [0.29, 0.717) is 17.8 Å². The number of hydrogen-bond donors (Lipinski definition) is 1. The van der Waals surface area contributed by atoms with Crippen molar-refractivity contribution in [3.05, 3.63) is 65.0 Å². The standard InChI is InChI=1S/C14H12F3N/c1-9-2-3-10(6-13(9)16)8-18-11-4-5-12(15)14(17)7-11/h2-7,18H,8H2,1H3. The fourth-order valence-corrected chi connectivity index (χ4v) is 1.56. The molecule has 0 amide bonds. The average molecular weight is 251 g/mol. The zero-order valence-electron chi connectivity index (χ0n) is 9.81. The van der Waals surface area contributed by atoms with Gasteiger partial charge in [0.2, 0.25) is 0 Å². The molecule has 0 heterocycles. The Hall–Kier alpha value is -1.97. The van der Waals surface area contributed by atoms with E-state index in [0.717, 1.165) is 17.7 Å². The Balaban J connectivity index is 2.06. The number of hydrogen-bond acceptors (Lipinski definition) is 1. The van der Waals surface area contributed by atoms with Gasteiger partial charge in [-0.2, -0.15) is 0 Å². The van der Waals surface area contributed by atoms with Gasteiger partial charge in [0.25, 0.3) is 0 Å². The van der Waals surface area contributed by atoms with E-state index >= 15 is 0 Å². The van der Waals surface area contributed by atoms with Crippen LogP contribution < -0.4 is 5.32 Å². The first-order valence-electron chi connectivity index (χ1n) is 5.50. The first kappa shape index (κ1) is 12.5. The lowest BCUT2D eigenvalue weighted by molar-refractivity contribution is 0.509. The van der Waals surface area contributed by atoms with Crippen LogP contribution in [0, 0.1) is 24.4 Å². The summed E-state index contributed by atoms with van der Waals surface area (Å²) < 4.78 is 38.9. The van der Waals surface area contributed by atoms with Crippen LogP contribution in [0.1, 0.15) is 11.1 Å². The molecule has 0 aliphatic rings. The maximum atomic E-state index is 13.3. The number of rotatable bonds is 3. The lowest BCUT2D eigenvalue weighted by Gasteiger charge is -2.07. The molecule has 4 heteroatoms. The monoisotopic (exact) mass is 251 g/mol. The summed E-state index contributed by atoms with van der Waals surface area (Å²) in [6.45, 7) is 2.03. The van der Waals surface area contributed by atoms with E-state index < -0.39 is 11.6 Å². The summed E-state index contributed by atoms with van der Waals surface area (Å²) in [6.07, 6.45) is 0. The van der Waals surface area contributed by atoms with E-state index in [9.17, 15) is 13.2 Å². The van der Waals surface area contributed by atoms with Crippen LogP contribution in [0.3, 0.4) is 0 Å². The highest BCUT2D eigenvalue weighted by Crippen LogP contribution is 2.15. The number of nitrogens with one attached hydrogen (secondary N) is 1. The summed E-state index contributed by atoms with van der Waals surface area (Å²) in [5.41, 5.74) is 1.77. The molecule has 18 heavy (non-hydrogen) atoms. The number of anilines is 1. The van der Waals surface area contributed by atoms with E-state index in [-0.39, 0.29) is 5.82 Å². The largest absolute Gasteiger partial charge is 0.381 e. The molecule has 2 aromatic rings. The number of halogens is 3. The van der Waals surface area contributed by atoms with E-state index in [1.165, 1.54) is 12.1 Å². The fraction of sp³-hybridized carbons (Fsp3) is 0.143. The predicted molar refractivity (Wildman–Crippen MR) is 64.8 cm³/mol. The minimum atomic E-state index is -0.907. The SMILES string of the molecule is Cc1ccc(CNc2ccc(F)c(F)c2)cc1F. The molecule has 1 N–H and O–H groups in total. The van der Waals surface area contributed by atoms with Gasteiger partial charge < -0.3 is 5.32 Å². The second-order valence-electron chi connectivity index (χ2n) is 4.07. The van der Waals surface area contributed by atoms with Crippen LogP contribution in [0.4, 0.5) is 18.9 Å². The molecule has 94 valence electrons. The Bertz CT molecular complexity index is 515. The molecule has 0 aliphatic carbocycles. The smallest absolute Gasteiger partial charge is 0.160 e. The van der Waals surface area contributed by atoms with Crippen molar-refractivity contribution in [2.75, 3.05) is 5.32 Å². The molecule has 0 aromatic heterocycles. The van der Waals surface area contributed by atoms with Gasteiger partial charge >= 0.3 is 0 Å². The normalized spacial score (nSPS) is 10.4. The van der Waals surface area contributed by atoms with Gasteiger partial charge in [-0.1, -0.05) is 12.1 Å². The topological polar surface area (TPSA) is 12.0 Å². The quantitative estimate of drug-likeness (QED) is 0.868. The first-order chi connectivity index (χ1) is 8.56. The van der Waals surface area contributed by atoms with Crippen LogP contribution in [0.5, 0.6) is 0 Å². The summed E-state index contributed by atoms with van der Waals surface area (Å²) in [5, 5.41) is 2.90. The number of benzene rings is 2. The van der Waals surface area contributed by atoms with Crippen molar-refractivity contribution in [2.24, 2.45) is 0 Å². The summed E-state index contributed by atoms with van der Waals surface area (Å²) in [4.78, 5) is 0. The van der Waals surface area contributed by atoms with Gasteiger partial charge in [-0.25, -0.2) is 13.2 Å². The van der Waals surface area contributed by atoms with Crippen molar-refractivity contribution >= 4 is 5.69 Å². The highest BCUT2D eigenvalue weighted by Gasteiger charge is 2.03. The zero-order valence-corrected chi connectivity index (χ0v) is 9.81. The van der Waals surface area contributed by atoms with E-state index in [2.05, 4.69) is 5.32 Å². The third kappa shape index (κ3) is 2.83. The summed E-state index contributed by atoms with van der Waals surface area (Å²) in [6, 6.07) is 8.43. The van der Waals surface area contributed by atoms with E-state index in [4.69, 9.17) is 0 Å². The van der Waals surface area contributed by atoms with Crippen LogP contribution in [0.25, 0.3) is 0 Å². The maximum Gasteiger partial charge on any atom is 0.160 e. The fourth-order valence-electron chi connectivity index (χ4n) is 1.56. The van der Waals surface area contributed by atoms with Crippen molar-refractivity contribution in [1.82, 2.24) is 0 Å². The summed E-state index contributed by atoms with van der Waals surface area (Å²) in [5.74, 6) is -2.07. The van der Waals surface area contributed by atoms with E-state index in [1.807, 2.05) is 0 Å². The Kier molecular flexibility index (Phi) is 3.55. The van der Waals surface area contributed by atoms with E-state index in [1.54, 1.807) is 19.1 Å². The molecular formula is C14H12F3N. The minimum absolute atomic E-state index is 0.278. The summed E-state index contributed by atoms with van der Waals surface area (Å²) in [7, 11) is 0. The van der Waals surface area contributed by atoms with Gasteiger partial charge in [0.1, 0.15) is 5.82 Å². The van der Waals surface area contributed by atoms with Crippen molar-refractivity contribution < 1.29 is 13.2 Å².